The van der Waals surface area contributed by atoms with E-state index in [1.54, 1.807) is 0 Å². The van der Waals surface area contributed by atoms with Gasteiger partial charge in [0.1, 0.15) is 18.1 Å². The molecule has 4 unspecified atom stereocenters. The van der Waals surface area contributed by atoms with Crippen LogP contribution in [-0.4, -0.2) is 12.4 Å². The highest BCUT2D eigenvalue weighted by Gasteiger charge is 2.37. The molecule has 0 bridgehead atoms. The summed E-state index contributed by atoms with van der Waals surface area (Å²) in [5.74, 6) is 2.95. The summed E-state index contributed by atoms with van der Waals surface area (Å²) in [4.78, 5) is 12.7. The van der Waals surface area contributed by atoms with Crippen molar-refractivity contribution in [2.75, 3.05) is 6.61 Å². The molecule has 0 amide bonds. The lowest BCUT2D eigenvalue weighted by atomic mass is 9.72. The Morgan fingerprint density at radius 1 is 1.16 bits per heavy atom. The van der Waals surface area contributed by atoms with Gasteiger partial charge in [-0.2, -0.15) is 0 Å². The van der Waals surface area contributed by atoms with Gasteiger partial charge in [-0.15, -0.1) is 0 Å². The number of carbonyl (C=O) groups excluding carboxylic acids is 1. The van der Waals surface area contributed by atoms with Crippen molar-refractivity contribution >= 4 is 5.78 Å². The molecule has 102 valence electrons. The highest BCUT2D eigenvalue weighted by Crippen LogP contribution is 2.40. The van der Waals surface area contributed by atoms with E-state index < -0.39 is 0 Å². The van der Waals surface area contributed by atoms with Gasteiger partial charge >= 0.3 is 0 Å². The second-order valence-electron chi connectivity index (χ2n) is 6.27. The van der Waals surface area contributed by atoms with E-state index in [1.165, 1.54) is 6.42 Å². The van der Waals surface area contributed by atoms with Crippen LogP contribution < -0.4 is 4.74 Å². The summed E-state index contributed by atoms with van der Waals surface area (Å²) in [6, 6.07) is 7.98. The first kappa shape index (κ1) is 12.7. The zero-order valence-electron chi connectivity index (χ0n) is 11.8. The van der Waals surface area contributed by atoms with E-state index in [9.17, 15) is 4.79 Å². The van der Waals surface area contributed by atoms with Crippen LogP contribution in [0.25, 0.3) is 0 Å². The van der Waals surface area contributed by atoms with Crippen molar-refractivity contribution in [2.24, 2.45) is 17.8 Å². The maximum Gasteiger partial charge on any atom is 0.146 e. The number of para-hydroxylation sites is 1. The van der Waals surface area contributed by atoms with Crippen molar-refractivity contribution in [2.45, 2.75) is 39.0 Å². The second kappa shape index (κ2) is 4.99. The van der Waals surface area contributed by atoms with Crippen molar-refractivity contribution in [1.29, 1.82) is 0 Å². The number of Topliss-reactive ketones (excluding diaryl/α,β-unsaturated/α-hetero) is 1. The van der Waals surface area contributed by atoms with Crippen molar-refractivity contribution in [3.05, 3.63) is 29.8 Å². The van der Waals surface area contributed by atoms with Gasteiger partial charge in [-0.25, -0.2) is 0 Å². The first-order valence-corrected chi connectivity index (χ1v) is 7.42. The van der Waals surface area contributed by atoms with Crippen LogP contribution in [0.3, 0.4) is 0 Å². The van der Waals surface area contributed by atoms with Gasteiger partial charge in [0, 0.05) is 11.5 Å². The Morgan fingerprint density at radius 2 is 1.95 bits per heavy atom. The van der Waals surface area contributed by atoms with E-state index in [0.29, 0.717) is 18.3 Å². The Kier molecular flexibility index (Phi) is 3.34. The molecule has 2 heteroatoms. The number of hydrogen-bond acceptors (Lipinski definition) is 2. The lowest BCUT2D eigenvalue weighted by Crippen LogP contribution is -2.30. The SMILES string of the molecule is CC1CCC(C(=O)C2COc3ccccc32)CC1C. The monoisotopic (exact) mass is 258 g/mol. The maximum absolute atomic E-state index is 12.7. The minimum atomic E-state index is -0.0261. The van der Waals surface area contributed by atoms with Crippen LogP contribution in [0, 0.1) is 17.8 Å². The molecule has 1 heterocycles. The number of benzene rings is 1. The van der Waals surface area contributed by atoms with Crippen molar-refractivity contribution in [3.63, 3.8) is 0 Å². The van der Waals surface area contributed by atoms with Crippen molar-refractivity contribution in [3.8, 4) is 5.75 Å². The molecule has 0 N–H and O–H groups in total. The van der Waals surface area contributed by atoms with Crippen LogP contribution in [0.2, 0.25) is 0 Å². The number of carbonyl (C=O) groups is 1. The van der Waals surface area contributed by atoms with E-state index in [1.807, 2.05) is 24.3 Å². The Labute approximate surface area is 115 Å². The normalized spacial score (nSPS) is 33.6. The van der Waals surface area contributed by atoms with Crippen LogP contribution in [0.5, 0.6) is 5.75 Å². The van der Waals surface area contributed by atoms with Gasteiger partial charge in [0.15, 0.2) is 0 Å². The minimum absolute atomic E-state index is 0.0261. The molecule has 2 nitrogen and oxygen atoms in total. The highest BCUT2D eigenvalue weighted by atomic mass is 16.5. The summed E-state index contributed by atoms with van der Waals surface area (Å²) in [6.45, 7) is 5.13. The Balaban J connectivity index is 1.75. The summed E-state index contributed by atoms with van der Waals surface area (Å²) in [6.07, 6.45) is 3.30. The third-order valence-corrected chi connectivity index (χ3v) is 5.04. The molecule has 1 aromatic rings. The van der Waals surface area contributed by atoms with Gasteiger partial charge in [0.2, 0.25) is 0 Å². The number of hydrogen-bond donors (Lipinski definition) is 0. The van der Waals surface area contributed by atoms with Gasteiger partial charge in [0.25, 0.3) is 0 Å². The Bertz CT molecular complexity index is 480. The van der Waals surface area contributed by atoms with Crippen LogP contribution in [0.4, 0.5) is 0 Å². The molecule has 0 saturated heterocycles. The first-order valence-electron chi connectivity index (χ1n) is 7.42. The maximum atomic E-state index is 12.7. The molecule has 0 aromatic heterocycles. The van der Waals surface area contributed by atoms with Crippen LogP contribution in [0.15, 0.2) is 24.3 Å². The lowest BCUT2D eigenvalue weighted by Gasteiger charge is -2.32. The Morgan fingerprint density at radius 3 is 2.74 bits per heavy atom. The molecule has 2 aliphatic rings. The molecule has 1 saturated carbocycles. The molecule has 0 spiro atoms. The summed E-state index contributed by atoms with van der Waals surface area (Å²) >= 11 is 0. The van der Waals surface area contributed by atoms with E-state index in [0.717, 1.165) is 30.1 Å². The Hall–Kier alpha value is -1.31. The topological polar surface area (TPSA) is 26.3 Å². The fourth-order valence-electron chi connectivity index (χ4n) is 3.49. The van der Waals surface area contributed by atoms with Gasteiger partial charge < -0.3 is 4.74 Å². The summed E-state index contributed by atoms with van der Waals surface area (Å²) in [5.41, 5.74) is 1.10. The average Bonchev–Trinajstić information content (AvgIpc) is 2.85. The highest BCUT2D eigenvalue weighted by molar-refractivity contribution is 5.89. The average molecular weight is 258 g/mol. The second-order valence-corrected chi connectivity index (χ2v) is 6.27. The number of fused-ring (bicyclic) bond motifs is 1. The summed E-state index contributed by atoms with van der Waals surface area (Å²) < 4.78 is 5.65. The van der Waals surface area contributed by atoms with E-state index >= 15 is 0 Å². The summed E-state index contributed by atoms with van der Waals surface area (Å²) in [5, 5.41) is 0. The third kappa shape index (κ3) is 2.29. The molecular weight excluding hydrogens is 236 g/mol. The number of ketones is 1. The molecule has 19 heavy (non-hydrogen) atoms. The van der Waals surface area contributed by atoms with Crippen LogP contribution in [-0.2, 0) is 4.79 Å². The van der Waals surface area contributed by atoms with Crippen molar-refractivity contribution in [1.82, 2.24) is 0 Å². The smallest absolute Gasteiger partial charge is 0.146 e. The van der Waals surface area contributed by atoms with E-state index in [-0.39, 0.29) is 11.8 Å². The first-order chi connectivity index (χ1) is 9.16. The molecule has 1 aliphatic carbocycles. The fourth-order valence-corrected chi connectivity index (χ4v) is 3.49. The predicted molar refractivity (Wildman–Crippen MR) is 75.4 cm³/mol. The van der Waals surface area contributed by atoms with Gasteiger partial charge in [0.05, 0.1) is 5.92 Å². The lowest BCUT2D eigenvalue weighted by molar-refractivity contribution is -0.126. The van der Waals surface area contributed by atoms with Crippen molar-refractivity contribution < 1.29 is 9.53 Å². The van der Waals surface area contributed by atoms with E-state index in [2.05, 4.69) is 13.8 Å². The molecule has 1 aromatic carbocycles. The largest absolute Gasteiger partial charge is 0.492 e. The van der Waals surface area contributed by atoms with Gasteiger partial charge in [-0.1, -0.05) is 32.0 Å². The number of ether oxygens (including phenoxy) is 1. The standard InChI is InChI=1S/C17H22O2/c1-11-7-8-13(9-12(11)2)17(18)15-10-19-16-6-4-3-5-14(15)16/h3-6,11-13,15H,7-10H2,1-2H3. The molecule has 1 aliphatic heterocycles. The van der Waals surface area contributed by atoms with Gasteiger partial charge in [-0.05, 0) is 37.2 Å². The van der Waals surface area contributed by atoms with Crippen LogP contribution in [0.1, 0.15) is 44.6 Å². The quantitative estimate of drug-likeness (QED) is 0.806. The predicted octanol–water partition coefficient (Wildman–Crippen LogP) is 3.80. The molecule has 0 radical (unpaired) electrons. The number of rotatable bonds is 2. The third-order valence-electron chi connectivity index (χ3n) is 5.04. The molecule has 3 rings (SSSR count). The van der Waals surface area contributed by atoms with E-state index in [4.69, 9.17) is 4.74 Å². The zero-order valence-corrected chi connectivity index (χ0v) is 11.8. The molecular formula is C17H22O2. The summed E-state index contributed by atoms with van der Waals surface area (Å²) in [7, 11) is 0. The minimum Gasteiger partial charge on any atom is -0.492 e. The molecule has 4 atom stereocenters. The van der Waals surface area contributed by atoms with Crippen LogP contribution >= 0.6 is 0 Å². The fraction of sp³-hybridized carbons (Fsp3) is 0.588. The molecule has 1 fully saturated rings. The zero-order chi connectivity index (χ0) is 13.4. The van der Waals surface area contributed by atoms with Gasteiger partial charge in [-0.3, -0.25) is 4.79 Å².